The number of ether oxygens (including phenoxy) is 2. The third-order valence-electron chi connectivity index (χ3n) is 4.02. The summed E-state index contributed by atoms with van der Waals surface area (Å²) >= 11 is 0. The Balaban J connectivity index is 0.00000242. The van der Waals surface area contributed by atoms with Gasteiger partial charge < -0.3 is 20.5 Å². The lowest BCUT2D eigenvalue weighted by Crippen LogP contribution is -2.35. The quantitative estimate of drug-likeness (QED) is 0.870. The van der Waals surface area contributed by atoms with Crippen LogP contribution in [0.3, 0.4) is 0 Å². The molecule has 1 aliphatic rings. The Morgan fingerprint density at radius 2 is 2.09 bits per heavy atom. The molecule has 2 unspecified atom stereocenters. The van der Waals surface area contributed by atoms with Gasteiger partial charge in [-0.3, -0.25) is 4.79 Å². The van der Waals surface area contributed by atoms with Crippen molar-refractivity contribution in [2.75, 3.05) is 20.8 Å². The molecule has 1 saturated carbocycles. The number of nitrogens with one attached hydrogen (secondary N) is 1. The molecule has 0 bridgehead atoms. The first-order valence-corrected chi connectivity index (χ1v) is 7.40. The zero-order chi connectivity index (χ0) is 15.2. The predicted octanol–water partition coefficient (Wildman–Crippen LogP) is 2.37. The Morgan fingerprint density at radius 3 is 2.73 bits per heavy atom. The van der Waals surface area contributed by atoms with Crippen molar-refractivity contribution in [3.05, 3.63) is 23.8 Å². The van der Waals surface area contributed by atoms with E-state index >= 15 is 0 Å². The first-order chi connectivity index (χ1) is 10.2. The van der Waals surface area contributed by atoms with Crippen LogP contribution in [0.2, 0.25) is 0 Å². The molecule has 0 aliphatic heterocycles. The Kier molecular flexibility index (Phi) is 7.48. The van der Waals surface area contributed by atoms with Gasteiger partial charge in [0.25, 0.3) is 5.91 Å². The van der Waals surface area contributed by atoms with Gasteiger partial charge >= 0.3 is 0 Å². The average Bonchev–Trinajstić information content (AvgIpc) is 2.51. The summed E-state index contributed by atoms with van der Waals surface area (Å²) in [5.74, 6) is 1.36. The third kappa shape index (κ3) is 4.52. The zero-order valence-corrected chi connectivity index (χ0v) is 13.9. The van der Waals surface area contributed by atoms with Gasteiger partial charge in [-0.05, 0) is 37.3 Å². The molecule has 22 heavy (non-hydrogen) atoms. The van der Waals surface area contributed by atoms with Crippen LogP contribution in [0, 0.1) is 5.92 Å². The minimum atomic E-state index is -0.134. The smallest absolute Gasteiger partial charge is 0.255 e. The average molecular weight is 329 g/mol. The van der Waals surface area contributed by atoms with E-state index in [4.69, 9.17) is 15.2 Å². The lowest BCUT2D eigenvalue weighted by atomic mass is 9.86. The number of para-hydroxylation sites is 1. The van der Waals surface area contributed by atoms with Gasteiger partial charge in [0.1, 0.15) is 0 Å². The number of carbonyl (C=O) groups is 1. The second-order valence-electron chi connectivity index (χ2n) is 5.54. The van der Waals surface area contributed by atoms with Crippen molar-refractivity contribution >= 4 is 18.3 Å². The van der Waals surface area contributed by atoms with Crippen LogP contribution in [0.1, 0.15) is 36.0 Å². The largest absolute Gasteiger partial charge is 0.493 e. The normalized spacial score (nSPS) is 20.7. The predicted molar refractivity (Wildman–Crippen MR) is 89.1 cm³/mol. The van der Waals surface area contributed by atoms with E-state index in [0.717, 1.165) is 25.7 Å². The lowest BCUT2D eigenvalue weighted by molar-refractivity contribution is 0.0938. The van der Waals surface area contributed by atoms with E-state index < -0.39 is 0 Å². The number of rotatable bonds is 5. The lowest BCUT2D eigenvalue weighted by Gasteiger charge is -2.26. The number of halogens is 1. The van der Waals surface area contributed by atoms with Gasteiger partial charge in [0.2, 0.25) is 0 Å². The van der Waals surface area contributed by atoms with Gasteiger partial charge in [0.15, 0.2) is 11.5 Å². The summed E-state index contributed by atoms with van der Waals surface area (Å²) in [4.78, 5) is 12.3. The number of carbonyl (C=O) groups excluding carboxylic acids is 1. The SMILES string of the molecule is COc1cccc(C(=O)NCC2CCCC(N)C2)c1OC.Cl. The van der Waals surface area contributed by atoms with Crippen molar-refractivity contribution < 1.29 is 14.3 Å². The van der Waals surface area contributed by atoms with Crippen molar-refractivity contribution in [3.8, 4) is 11.5 Å². The van der Waals surface area contributed by atoms with Crippen molar-refractivity contribution in [1.82, 2.24) is 5.32 Å². The van der Waals surface area contributed by atoms with E-state index in [1.807, 2.05) is 0 Å². The maximum absolute atomic E-state index is 12.3. The molecular weight excluding hydrogens is 304 g/mol. The van der Waals surface area contributed by atoms with Crippen molar-refractivity contribution in [2.45, 2.75) is 31.7 Å². The Morgan fingerprint density at radius 1 is 1.32 bits per heavy atom. The van der Waals surface area contributed by atoms with Gasteiger partial charge in [-0.15, -0.1) is 12.4 Å². The molecule has 1 aliphatic carbocycles. The van der Waals surface area contributed by atoms with Crippen LogP contribution < -0.4 is 20.5 Å². The summed E-state index contributed by atoms with van der Waals surface area (Å²) in [5.41, 5.74) is 6.47. The number of hydrogen-bond donors (Lipinski definition) is 2. The van der Waals surface area contributed by atoms with Crippen molar-refractivity contribution in [3.63, 3.8) is 0 Å². The Hall–Kier alpha value is -1.46. The van der Waals surface area contributed by atoms with Crippen molar-refractivity contribution in [1.29, 1.82) is 0 Å². The molecule has 5 nitrogen and oxygen atoms in total. The topological polar surface area (TPSA) is 73.6 Å². The second kappa shape index (κ2) is 8.86. The van der Waals surface area contributed by atoms with E-state index in [1.54, 1.807) is 25.3 Å². The molecular formula is C16H25ClN2O3. The van der Waals surface area contributed by atoms with E-state index in [9.17, 15) is 4.79 Å². The molecule has 1 fully saturated rings. The van der Waals surface area contributed by atoms with E-state index in [-0.39, 0.29) is 24.4 Å². The third-order valence-corrected chi connectivity index (χ3v) is 4.02. The van der Waals surface area contributed by atoms with Crippen LogP contribution in [-0.2, 0) is 0 Å². The molecule has 124 valence electrons. The fourth-order valence-electron chi connectivity index (χ4n) is 2.92. The molecule has 2 atom stereocenters. The highest BCUT2D eigenvalue weighted by Crippen LogP contribution is 2.30. The maximum atomic E-state index is 12.3. The summed E-state index contributed by atoms with van der Waals surface area (Å²) in [6.07, 6.45) is 4.34. The monoisotopic (exact) mass is 328 g/mol. The molecule has 1 aromatic rings. The summed E-state index contributed by atoms with van der Waals surface area (Å²) in [5, 5.41) is 2.99. The molecule has 2 rings (SSSR count). The molecule has 0 saturated heterocycles. The maximum Gasteiger partial charge on any atom is 0.255 e. The molecule has 0 heterocycles. The number of methoxy groups -OCH3 is 2. The highest BCUT2D eigenvalue weighted by Gasteiger charge is 2.21. The Bertz CT molecular complexity index is 496. The van der Waals surface area contributed by atoms with E-state index in [0.29, 0.717) is 29.5 Å². The summed E-state index contributed by atoms with van der Waals surface area (Å²) in [6.45, 7) is 0.660. The molecule has 6 heteroatoms. The fourth-order valence-corrected chi connectivity index (χ4v) is 2.92. The van der Waals surface area contributed by atoms with Crippen LogP contribution in [-0.4, -0.2) is 32.7 Å². The zero-order valence-electron chi connectivity index (χ0n) is 13.1. The van der Waals surface area contributed by atoms with Crippen LogP contribution in [0.15, 0.2) is 18.2 Å². The van der Waals surface area contributed by atoms with Crippen LogP contribution >= 0.6 is 12.4 Å². The summed E-state index contributed by atoms with van der Waals surface area (Å²) < 4.78 is 10.5. The summed E-state index contributed by atoms with van der Waals surface area (Å²) in [6, 6.07) is 5.57. The highest BCUT2D eigenvalue weighted by atomic mass is 35.5. The standard InChI is InChI=1S/C16H24N2O3.ClH/c1-20-14-8-4-7-13(15(14)21-2)16(19)18-10-11-5-3-6-12(17)9-11;/h4,7-8,11-12H,3,5-6,9-10,17H2,1-2H3,(H,18,19);1H. The minimum Gasteiger partial charge on any atom is -0.493 e. The van der Waals surface area contributed by atoms with Gasteiger partial charge in [0, 0.05) is 12.6 Å². The van der Waals surface area contributed by atoms with E-state index in [1.165, 1.54) is 7.11 Å². The molecule has 0 spiro atoms. The molecule has 3 N–H and O–H groups in total. The number of hydrogen-bond acceptors (Lipinski definition) is 4. The van der Waals surface area contributed by atoms with Gasteiger partial charge in [-0.1, -0.05) is 12.5 Å². The number of amides is 1. The van der Waals surface area contributed by atoms with Crippen LogP contribution in [0.25, 0.3) is 0 Å². The molecule has 1 amide bonds. The molecule has 0 aromatic heterocycles. The van der Waals surface area contributed by atoms with Crippen LogP contribution in [0.4, 0.5) is 0 Å². The van der Waals surface area contributed by atoms with Gasteiger partial charge in [0.05, 0.1) is 19.8 Å². The van der Waals surface area contributed by atoms with Gasteiger partial charge in [-0.25, -0.2) is 0 Å². The Labute approximate surface area is 138 Å². The summed E-state index contributed by atoms with van der Waals surface area (Å²) in [7, 11) is 3.09. The minimum absolute atomic E-state index is 0. The molecule has 0 radical (unpaired) electrons. The van der Waals surface area contributed by atoms with E-state index in [2.05, 4.69) is 5.32 Å². The second-order valence-corrected chi connectivity index (χ2v) is 5.54. The number of nitrogens with two attached hydrogens (primary N) is 1. The first-order valence-electron chi connectivity index (χ1n) is 7.40. The van der Waals surface area contributed by atoms with Gasteiger partial charge in [-0.2, -0.15) is 0 Å². The van der Waals surface area contributed by atoms with Crippen molar-refractivity contribution in [2.24, 2.45) is 11.7 Å². The fraction of sp³-hybridized carbons (Fsp3) is 0.562. The molecule has 1 aromatic carbocycles. The first kappa shape index (κ1) is 18.6. The highest BCUT2D eigenvalue weighted by molar-refractivity contribution is 5.97. The van der Waals surface area contributed by atoms with Crippen LogP contribution in [0.5, 0.6) is 11.5 Å². The number of benzene rings is 1.